The predicted octanol–water partition coefficient (Wildman–Crippen LogP) is 13.3. The molecular weight excluding hydrogens is 883 g/mol. The number of hydrogen-bond donors (Lipinski definition) is 6. The first-order valence-electron chi connectivity index (χ1n) is 29.6. The molecule has 0 saturated carbocycles. The number of amides is 1. The zero-order valence-electron chi connectivity index (χ0n) is 45.2. The number of esters is 1. The van der Waals surface area contributed by atoms with Gasteiger partial charge in [0.15, 0.2) is 6.29 Å². The Labute approximate surface area is 429 Å². The summed E-state index contributed by atoms with van der Waals surface area (Å²) in [6.07, 6.45) is 48.5. The molecule has 1 heterocycles. The molecule has 70 heavy (non-hydrogen) atoms. The molecule has 7 atom stereocenters. The molecule has 1 saturated heterocycles. The van der Waals surface area contributed by atoms with Gasteiger partial charge in [-0.05, 0) is 44.9 Å². The third-order valence-corrected chi connectivity index (χ3v) is 14.1. The first-order valence-corrected chi connectivity index (χ1v) is 29.6. The summed E-state index contributed by atoms with van der Waals surface area (Å²) in [4.78, 5) is 25.0. The minimum Gasteiger partial charge on any atom is -0.466 e. The third kappa shape index (κ3) is 38.7. The lowest BCUT2D eigenvalue weighted by atomic mass is 9.99. The van der Waals surface area contributed by atoms with E-state index in [1.807, 2.05) is 6.08 Å². The number of unbranched alkanes of at least 4 members (excludes halogenated alkanes) is 35. The Morgan fingerprint density at radius 3 is 1.41 bits per heavy atom. The maximum Gasteiger partial charge on any atom is 0.305 e. The van der Waals surface area contributed by atoms with Crippen molar-refractivity contribution in [1.82, 2.24) is 5.32 Å². The molecule has 0 aromatic rings. The standard InChI is InChI=1S/C59H111NO10/c1-3-5-7-9-11-13-25-29-33-37-41-45-52(62)51(50-69-59-58(67)57(66)56(65)53(49-61)70-59)60-54(63)46-42-38-34-30-27-23-21-19-17-15-16-18-20-22-24-28-32-36-40-44-48-68-55(64)47-43-39-35-31-26-14-12-10-8-6-4-2/h25,29,41,45,51-53,56-59,61-62,65-67H,3-24,26-28,30-40,42-44,46-50H2,1-2H3,(H,60,63)/b29-25+,45-41+. The molecular formula is C59H111NO10. The van der Waals surface area contributed by atoms with Crippen LogP contribution >= 0.6 is 0 Å². The highest BCUT2D eigenvalue weighted by atomic mass is 16.7. The van der Waals surface area contributed by atoms with Crippen molar-refractivity contribution in [1.29, 1.82) is 0 Å². The van der Waals surface area contributed by atoms with Crippen LogP contribution in [0.5, 0.6) is 0 Å². The second kappa shape index (κ2) is 49.4. The van der Waals surface area contributed by atoms with Gasteiger partial charge >= 0.3 is 5.97 Å². The molecule has 1 aliphatic heterocycles. The normalized spacial score (nSPS) is 19.3. The minimum atomic E-state index is -1.58. The van der Waals surface area contributed by atoms with Gasteiger partial charge in [0.05, 0.1) is 32.0 Å². The quantitative estimate of drug-likeness (QED) is 0.0195. The van der Waals surface area contributed by atoms with E-state index < -0.39 is 49.5 Å². The molecule has 1 rings (SSSR count). The lowest BCUT2D eigenvalue weighted by Gasteiger charge is -2.40. The van der Waals surface area contributed by atoms with Crippen LogP contribution in [0.15, 0.2) is 24.3 Å². The lowest BCUT2D eigenvalue weighted by Crippen LogP contribution is -2.60. The van der Waals surface area contributed by atoms with Crippen LogP contribution in [-0.2, 0) is 23.8 Å². The predicted molar refractivity (Wildman–Crippen MR) is 288 cm³/mol. The molecule has 11 heteroatoms. The zero-order valence-corrected chi connectivity index (χ0v) is 45.2. The van der Waals surface area contributed by atoms with Gasteiger partial charge in [0.1, 0.15) is 24.4 Å². The fraction of sp³-hybridized carbons (Fsp3) is 0.898. The first kappa shape index (κ1) is 66.2. The van der Waals surface area contributed by atoms with Crippen molar-refractivity contribution in [2.24, 2.45) is 0 Å². The number of aliphatic hydroxyl groups is 5. The average Bonchev–Trinajstić information content (AvgIpc) is 3.36. The average molecular weight is 995 g/mol. The fourth-order valence-corrected chi connectivity index (χ4v) is 9.33. The molecule has 0 aromatic carbocycles. The summed E-state index contributed by atoms with van der Waals surface area (Å²) in [7, 11) is 0. The minimum absolute atomic E-state index is 0.00419. The van der Waals surface area contributed by atoms with Gasteiger partial charge in [-0.2, -0.15) is 0 Å². The molecule has 1 amide bonds. The molecule has 1 fully saturated rings. The maximum atomic E-state index is 13.0. The number of carbonyl (C=O) groups excluding carboxylic acids is 2. The SMILES string of the molecule is CCCCCCC/C=C/CC/C=C/C(O)C(COC1OC(CO)C(O)C(O)C1O)NC(=O)CCCCCCCCCCCCCCCCCCCCCCOC(=O)CCCCCCCCCCCCC. The van der Waals surface area contributed by atoms with Crippen molar-refractivity contribution < 1.29 is 49.3 Å². The molecule has 0 bridgehead atoms. The van der Waals surface area contributed by atoms with Crippen molar-refractivity contribution in [3.05, 3.63) is 24.3 Å². The van der Waals surface area contributed by atoms with Crippen LogP contribution in [0.1, 0.15) is 277 Å². The van der Waals surface area contributed by atoms with Crippen LogP contribution in [0.3, 0.4) is 0 Å². The van der Waals surface area contributed by atoms with Crippen LogP contribution < -0.4 is 5.32 Å². The van der Waals surface area contributed by atoms with Gasteiger partial charge in [-0.3, -0.25) is 9.59 Å². The largest absolute Gasteiger partial charge is 0.466 e. The van der Waals surface area contributed by atoms with Gasteiger partial charge in [0.25, 0.3) is 0 Å². The highest BCUT2D eigenvalue weighted by molar-refractivity contribution is 5.76. The summed E-state index contributed by atoms with van der Waals surface area (Å²) in [5.74, 6) is -0.198. The number of rotatable bonds is 51. The molecule has 412 valence electrons. The third-order valence-electron chi connectivity index (χ3n) is 14.1. The summed E-state index contributed by atoms with van der Waals surface area (Å²) in [5.41, 5.74) is 0. The maximum absolute atomic E-state index is 13.0. The van der Waals surface area contributed by atoms with E-state index in [1.165, 1.54) is 186 Å². The van der Waals surface area contributed by atoms with Gasteiger partial charge in [0, 0.05) is 12.8 Å². The van der Waals surface area contributed by atoms with E-state index in [4.69, 9.17) is 14.2 Å². The van der Waals surface area contributed by atoms with Crippen LogP contribution in [0, 0.1) is 0 Å². The number of allylic oxidation sites excluding steroid dienone is 3. The second-order valence-electron chi connectivity index (χ2n) is 20.7. The molecule has 7 unspecified atom stereocenters. The number of hydrogen-bond acceptors (Lipinski definition) is 10. The van der Waals surface area contributed by atoms with Gasteiger partial charge in [0.2, 0.25) is 5.91 Å². The van der Waals surface area contributed by atoms with Crippen molar-refractivity contribution in [3.63, 3.8) is 0 Å². The van der Waals surface area contributed by atoms with E-state index in [9.17, 15) is 35.1 Å². The highest BCUT2D eigenvalue weighted by Crippen LogP contribution is 2.23. The Morgan fingerprint density at radius 1 is 0.514 bits per heavy atom. The Morgan fingerprint density at radius 2 is 0.929 bits per heavy atom. The van der Waals surface area contributed by atoms with Gasteiger partial charge in [-0.25, -0.2) is 0 Å². The number of nitrogens with one attached hydrogen (secondary N) is 1. The van der Waals surface area contributed by atoms with E-state index >= 15 is 0 Å². The van der Waals surface area contributed by atoms with E-state index in [0.29, 0.717) is 19.4 Å². The summed E-state index contributed by atoms with van der Waals surface area (Å²) in [6, 6.07) is -0.827. The summed E-state index contributed by atoms with van der Waals surface area (Å²) in [5, 5.41) is 54.2. The second-order valence-corrected chi connectivity index (χ2v) is 20.7. The van der Waals surface area contributed by atoms with E-state index in [2.05, 4.69) is 31.3 Å². The van der Waals surface area contributed by atoms with Gasteiger partial charge < -0.3 is 45.1 Å². The van der Waals surface area contributed by atoms with Crippen molar-refractivity contribution in [3.8, 4) is 0 Å². The van der Waals surface area contributed by atoms with Crippen molar-refractivity contribution in [2.75, 3.05) is 19.8 Å². The van der Waals surface area contributed by atoms with E-state index in [-0.39, 0.29) is 18.5 Å². The Bertz CT molecular complexity index is 1220. The van der Waals surface area contributed by atoms with Crippen LogP contribution in [0.2, 0.25) is 0 Å². The molecule has 0 spiro atoms. The number of ether oxygens (including phenoxy) is 3. The summed E-state index contributed by atoms with van der Waals surface area (Å²) < 4.78 is 16.7. The first-order chi connectivity index (χ1) is 34.2. The number of aliphatic hydroxyl groups excluding tert-OH is 5. The Balaban J connectivity index is 2.06. The van der Waals surface area contributed by atoms with Crippen LogP contribution in [0.4, 0.5) is 0 Å². The Hall–Kier alpha value is -1.86. The van der Waals surface area contributed by atoms with Gasteiger partial charge in [-0.1, -0.05) is 244 Å². The monoisotopic (exact) mass is 994 g/mol. The molecule has 0 aromatic heterocycles. The van der Waals surface area contributed by atoms with Crippen molar-refractivity contribution >= 4 is 11.9 Å². The smallest absolute Gasteiger partial charge is 0.305 e. The number of carbonyl (C=O) groups is 2. The highest BCUT2D eigenvalue weighted by Gasteiger charge is 2.44. The van der Waals surface area contributed by atoms with Crippen molar-refractivity contribution in [2.45, 2.75) is 320 Å². The lowest BCUT2D eigenvalue weighted by molar-refractivity contribution is -0.302. The summed E-state index contributed by atoms with van der Waals surface area (Å²) >= 11 is 0. The van der Waals surface area contributed by atoms with Crippen LogP contribution in [0.25, 0.3) is 0 Å². The molecule has 11 nitrogen and oxygen atoms in total. The molecule has 1 aliphatic rings. The van der Waals surface area contributed by atoms with E-state index in [0.717, 1.165) is 64.2 Å². The van der Waals surface area contributed by atoms with Gasteiger partial charge in [-0.15, -0.1) is 0 Å². The van der Waals surface area contributed by atoms with Crippen LogP contribution in [-0.4, -0.2) is 100 Å². The molecule has 6 N–H and O–H groups in total. The molecule has 0 radical (unpaired) electrons. The zero-order chi connectivity index (χ0) is 51.0. The summed E-state index contributed by atoms with van der Waals surface area (Å²) in [6.45, 7) is 4.30. The fourth-order valence-electron chi connectivity index (χ4n) is 9.33. The molecule has 0 aliphatic carbocycles. The topological polar surface area (TPSA) is 175 Å². The van der Waals surface area contributed by atoms with E-state index in [1.54, 1.807) is 6.08 Å². The Kier molecular flexibility index (Phi) is 46.6.